The van der Waals surface area contributed by atoms with Gasteiger partial charge >= 0.3 is 5.97 Å². The summed E-state index contributed by atoms with van der Waals surface area (Å²) in [6, 6.07) is 3.44. The van der Waals surface area contributed by atoms with Crippen LogP contribution in [0.25, 0.3) is 10.9 Å². The highest BCUT2D eigenvalue weighted by atomic mass is 32.1. The maximum atomic E-state index is 13.2. The number of rotatable bonds is 14. The molecule has 210 valence electrons. The number of aromatic amines is 2. The molecular weight excluding hydrogens is 522 g/mol. The van der Waals surface area contributed by atoms with Crippen LogP contribution in [0.3, 0.4) is 0 Å². The molecule has 13 heteroatoms. The van der Waals surface area contributed by atoms with Crippen LogP contribution in [0.2, 0.25) is 0 Å². The highest BCUT2D eigenvalue weighted by Crippen LogP contribution is 2.19. The van der Waals surface area contributed by atoms with Crippen molar-refractivity contribution in [1.29, 1.82) is 0 Å². The van der Waals surface area contributed by atoms with Gasteiger partial charge in [0.2, 0.25) is 17.7 Å². The summed E-state index contributed by atoms with van der Waals surface area (Å²) in [7, 11) is 0. The van der Waals surface area contributed by atoms with Crippen LogP contribution in [0.1, 0.15) is 31.5 Å². The van der Waals surface area contributed by atoms with Gasteiger partial charge in [-0.2, -0.15) is 12.6 Å². The zero-order valence-electron chi connectivity index (χ0n) is 21.8. The summed E-state index contributed by atoms with van der Waals surface area (Å²) < 4.78 is 0. The first-order valence-corrected chi connectivity index (χ1v) is 13.2. The number of fused-ring (bicyclic) bond motifs is 1. The third-order valence-electron chi connectivity index (χ3n) is 6.20. The average Bonchev–Trinajstić information content (AvgIpc) is 3.56. The normalized spacial score (nSPS) is 14.4. The molecule has 39 heavy (non-hydrogen) atoms. The molecule has 0 radical (unpaired) electrons. The van der Waals surface area contributed by atoms with Crippen molar-refractivity contribution in [1.82, 2.24) is 30.9 Å². The van der Waals surface area contributed by atoms with E-state index in [-0.39, 0.29) is 24.5 Å². The Hall–Kier alpha value is -3.84. The first kappa shape index (κ1) is 29.7. The van der Waals surface area contributed by atoms with Gasteiger partial charge < -0.3 is 36.8 Å². The molecule has 3 amide bonds. The number of carboxylic acid groups (broad SMARTS) is 1. The van der Waals surface area contributed by atoms with Crippen LogP contribution in [-0.2, 0) is 32.0 Å². The summed E-state index contributed by atoms with van der Waals surface area (Å²) in [5.41, 5.74) is 8.54. The number of thiol groups is 1. The summed E-state index contributed by atoms with van der Waals surface area (Å²) in [5.74, 6) is -3.09. The number of nitrogens with one attached hydrogen (secondary N) is 5. The molecule has 0 saturated heterocycles. The number of benzene rings is 1. The minimum absolute atomic E-state index is 0.0192. The van der Waals surface area contributed by atoms with Gasteiger partial charge in [0.25, 0.3) is 0 Å². The number of hydrogen-bond acceptors (Lipinski definition) is 7. The van der Waals surface area contributed by atoms with Crippen molar-refractivity contribution >= 4 is 47.2 Å². The average molecular weight is 558 g/mol. The number of nitrogens with two attached hydrogens (primary N) is 1. The largest absolute Gasteiger partial charge is 0.480 e. The van der Waals surface area contributed by atoms with E-state index in [1.807, 2.05) is 44.3 Å². The summed E-state index contributed by atoms with van der Waals surface area (Å²) in [5, 5.41) is 18.2. The molecule has 0 aliphatic heterocycles. The van der Waals surface area contributed by atoms with Gasteiger partial charge in [-0.3, -0.25) is 14.4 Å². The zero-order valence-corrected chi connectivity index (χ0v) is 22.7. The van der Waals surface area contributed by atoms with Crippen molar-refractivity contribution in [3.8, 4) is 0 Å². The number of para-hydroxylation sites is 1. The van der Waals surface area contributed by atoms with Crippen molar-refractivity contribution in [2.24, 2.45) is 11.7 Å². The highest BCUT2D eigenvalue weighted by Gasteiger charge is 2.30. The predicted molar refractivity (Wildman–Crippen MR) is 149 cm³/mol. The van der Waals surface area contributed by atoms with Crippen LogP contribution in [0.15, 0.2) is 43.0 Å². The minimum Gasteiger partial charge on any atom is -0.480 e. The lowest BCUT2D eigenvalue weighted by Gasteiger charge is -2.25. The Morgan fingerprint density at radius 3 is 2.28 bits per heavy atom. The van der Waals surface area contributed by atoms with Gasteiger partial charge in [-0.05, 0) is 30.4 Å². The monoisotopic (exact) mass is 557 g/mol. The van der Waals surface area contributed by atoms with E-state index in [0.29, 0.717) is 12.1 Å². The van der Waals surface area contributed by atoms with E-state index in [1.165, 1.54) is 12.5 Å². The van der Waals surface area contributed by atoms with Gasteiger partial charge in [-0.1, -0.05) is 32.0 Å². The lowest BCUT2D eigenvalue weighted by atomic mass is 10.0. The van der Waals surface area contributed by atoms with Gasteiger partial charge in [0, 0.05) is 41.2 Å². The lowest BCUT2D eigenvalue weighted by Crippen LogP contribution is -2.58. The van der Waals surface area contributed by atoms with E-state index in [2.05, 4.69) is 43.5 Å². The minimum atomic E-state index is -1.24. The van der Waals surface area contributed by atoms with Crippen molar-refractivity contribution in [2.45, 2.75) is 57.3 Å². The molecule has 2 aromatic heterocycles. The molecule has 0 spiro atoms. The Balaban J connectivity index is 1.63. The quantitative estimate of drug-likeness (QED) is 0.132. The van der Waals surface area contributed by atoms with Crippen molar-refractivity contribution in [3.63, 3.8) is 0 Å². The summed E-state index contributed by atoms with van der Waals surface area (Å²) in [6.45, 7) is 3.79. The Labute approximate surface area is 231 Å². The van der Waals surface area contributed by atoms with E-state index < -0.39 is 47.9 Å². The third-order valence-corrected chi connectivity index (χ3v) is 6.57. The van der Waals surface area contributed by atoms with Crippen molar-refractivity contribution in [3.05, 3.63) is 54.2 Å². The number of H-pyrrole nitrogens is 2. The fourth-order valence-corrected chi connectivity index (χ4v) is 4.42. The zero-order chi connectivity index (χ0) is 28.5. The van der Waals surface area contributed by atoms with Crippen LogP contribution >= 0.6 is 12.6 Å². The number of nitrogens with zero attached hydrogens (tertiary/aromatic N) is 1. The van der Waals surface area contributed by atoms with Crippen LogP contribution in [0, 0.1) is 5.92 Å². The van der Waals surface area contributed by atoms with Gasteiger partial charge in [0.1, 0.15) is 18.1 Å². The summed E-state index contributed by atoms with van der Waals surface area (Å²) in [6.07, 6.45) is 5.22. The molecule has 1 aromatic carbocycles. The molecule has 4 atom stereocenters. The van der Waals surface area contributed by atoms with E-state index in [9.17, 15) is 24.3 Å². The fraction of sp³-hybridized carbons (Fsp3) is 0.423. The molecule has 0 bridgehead atoms. The standard InChI is InChI=1S/C26H35N7O5S/c1-14(2)7-20(31-23(34)18(27)8-15-10-29-19-6-4-3-5-17(15)19)24(35)33-22(12-39)25(36)32-21(26(37)38)9-16-11-28-13-30-16/h3-6,10-11,13-14,18,20-22,29,39H,7-9,12,27H2,1-2H3,(H,28,30)(H,31,34)(H,32,36)(H,33,35)(H,37,38). The van der Waals surface area contributed by atoms with Gasteiger partial charge in [0.15, 0.2) is 0 Å². The molecule has 8 N–H and O–H groups in total. The van der Waals surface area contributed by atoms with Gasteiger partial charge in [-0.25, -0.2) is 9.78 Å². The van der Waals surface area contributed by atoms with Crippen LogP contribution in [0.5, 0.6) is 0 Å². The van der Waals surface area contributed by atoms with E-state index in [4.69, 9.17) is 5.73 Å². The first-order valence-electron chi connectivity index (χ1n) is 12.6. The summed E-state index contributed by atoms with van der Waals surface area (Å²) >= 11 is 4.16. The second kappa shape index (κ2) is 13.8. The smallest absolute Gasteiger partial charge is 0.326 e. The Morgan fingerprint density at radius 1 is 0.974 bits per heavy atom. The third kappa shape index (κ3) is 8.32. The molecule has 0 fully saturated rings. The number of imidazole rings is 1. The van der Waals surface area contributed by atoms with E-state index >= 15 is 0 Å². The summed E-state index contributed by atoms with van der Waals surface area (Å²) in [4.78, 5) is 60.4. The fourth-order valence-electron chi connectivity index (χ4n) is 4.17. The maximum Gasteiger partial charge on any atom is 0.326 e. The van der Waals surface area contributed by atoms with Crippen molar-refractivity contribution in [2.75, 3.05) is 5.75 Å². The SMILES string of the molecule is CC(C)CC(NC(=O)C(N)Cc1c[nH]c2ccccc12)C(=O)NC(CS)C(=O)NC(Cc1cnc[nH]1)C(=O)O. The topological polar surface area (TPSA) is 195 Å². The maximum absolute atomic E-state index is 13.2. The van der Waals surface area contributed by atoms with Crippen LogP contribution in [-0.4, -0.2) is 73.7 Å². The molecule has 0 aliphatic carbocycles. The predicted octanol–water partition coefficient (Wildman–Crippen LogP) is 0.518. The molecular formula is C26H35N7O5S. The van der Waals surface area contributed by atoms with E-state index in [0.717, 1.165) is 16.5 Å². The second-order valence-electron chi connectivity index (χ2n) is 9.78. The molecule has 3 rings (SSSR count). The lowest BCUT2D eigenvalue weighted by molar-refractivity contribution is -0.142. The number of amides is 3. The Bertz CT molecular complexity index is 1280. The van der Waals surface area contributed by atoms with Crippen molar-refractivity contribution < 1.29 is 24.3 Å². The number of carboxylic acids is 1. The molecule has 0 saturated carbocycles. The molecule has 3 aromatic rings. The first-order chi connectivity index (χ1) is 18.6. The van der Waals surface area contributed by atoms with Crippen LogP contribution in [0.4, 0.5) is 0 Å². The molecule has 12 nitrogen and oxygen atoms in total. The Morgan fingerprint density at radius 2 is 1.64 bits per heavy atom. The van der Waals surface area contributed by atoms with Gasteiger partial charge in [-0.15, -0.1) is 0 Å². The molecule has 4 unspecified atom stereocenters. The molecule has 0 aliphatic rings. The highest BCUT2D eigenvalue weighted by molar-refractivity contribution is 7.80. The number of carbonyl (C=O) groups is 4. The number of hydrogen-bond donors (Lipinski definition) is 8. The molecule has 2 heterocycles. The van der Waals surface area contributed by atoms with E-state index in [1.54, 1.807) is 0 Å². The number of carbonyl (C=O) groups excluding carboxylic acids is 3. The van der Waals surface area contributed by atoms with Crippen LogP contribution < -0.4 is 21.7 Å². The Kier molecular flexibility index (Phi) is 10.5. The number of aliphatic carboxylic acids is 1. The van der Waals surface area contributed by atoms with Gasteiger partial charge in [0.05, 0.1) is 12.4 Å². The second-order valence-corrected chi connectivity index (χ2v) is 10.2. The number of aromatic nitrogens is 3.